The number of pyridine rings is 1. The highest BCUT2D eigenvalue weighted by atomic mass is 35.5. The number of nitrogens with zero attached hydrogens (tertiary/aromatic N) is 4. The van der Waals surface area contributed by atoms with E-state index < -0.39 is 0 Å². The molecule has 0 spiro atoms. The van der Waals surface area contributed by atoms with Crippen LogP contribution in [0.3, 0.4) is 0 Å². The summed E-state index contributed by atoms with van der Waals surface area (Å²) in [5.41, 5.74) is 3.69. The highest BCUT2D eigenvalue weighted by molar-refractivity contribution is 6.32. The molecular weight excluding hydrogens is 372 g/mol. The van der Waals surface area contributed by atoms with Gasteiger partial charge >= 0.3 is 0 Å². The summed E-state index contributed by atoms with van der Waals surface area (Å²) in [6, 6.07) is 9.44. The van der Waals surface area contributed by atoms with Crippen LogP contribution in [0.4, 0.5) is 0 Å². The average molecular weight is 397 g/mol. The van der Waals surface area contributed by atoms with Crippen LogP contribution in [-0.4, -0.2) is 38.7 Å². The number of carbonyl (C=O) groups is 1. The fourth-order valence-corrected chi connectivity index (χ4v) is 4.59. The standard InChI is InChI=1S/C22H25ClN4O/c1-13-9-14(2)12-26(11-13)22(28)17-10-15(3)24-21-20(17)16(4)25-27(21)19-8-6-5-7-18(19)23/h5-8,10,13-14H,9,11-12H2,1-4H3/t13-,14-/m0/s1. The molecule has 1 aliphatic rings. The molecule has 1 amide bonds. The molecular formula is C22H25ClN4O. The van der Waals surface area contributed by atoms with E-state index in [1.165, 1.54) is 0 Å². The van der Waals surface area contributed by atoms with Crippen LogP contribution < -0.4 is 0 Å². The molecule has 0 radical (unpaired) electrons. The molecule has 6 heteroatoms. The second-order valence-electron chi connectivity index (χ2n) is 8.11. The van der Waals surface area contributed by atoms with E-state index in [2.05, 4.69) is 18.9 Å². The Morgan fingerprint density at radius 1 is 1.14 bits per heavy atom. The number of likely N-dealkylation sites (tertiary alicyclic amines) is 1. The van der Waals surface area contributed by atoms with Crippen molar-refractivity contribution in [3.05, 3.63) is 52.3 Å². The van der Waals surface area contributed by atoms with Crippen LogP contribution in [-0.2, 0) is 0 Å². The number of carbonyl (C=O) groups excluding carboxylic acids is 1. The van der Waals surface area contributed by atoms with Gasteiger partial charge in [0.15, 0.2) is 5.65 Å². The van der Waals surface area contributed by atoms with Gasteiger partial charge in [-0.25, -0.2) is 9.67 Å². The maximum Gasteiger partial charge on any atom is 0.254 e. The molecule has 0 N–H and O–H groups in total. The summed E-state index contributed by atoms with van der Waals surface area (Å²) in [7, 11) is 0. The van der Waals surface area contributed by atoms with Gasteiger partial charge in [0.05, 0.1) is 27.4 Å². The van der Waals surface area contributed by atoms with Crippen molar-refractivity contribution < 1.29 is 4.79 Å². The number of piperidine rings is 1. The molecule has 28 heavy (non-hydrogen) atoms. The third-order valence-electron chi connectivity index (χ3n) is 5.41. The summed E-state index contributed by atoms with van der Waals surface area (Å²) < 4.78 is 1.75. The Kier molecular flexibility index (Phi) is 4.88. The Morgan fingerprint density at radius 2 is 1.82 bits per heavy atom. The fourth-order valence-electron chi connectivity index (χ4n) is 4.37. The number of rotatable bonds is 2. The molecule has 4 rings (SSSR count). The summed E-state index contributed by atoms with van der Waals surface area (Å²) in [5.74, 6) is 1.09. The van der Waals surface area contributed by atoms with Crippen molar-refractivity contribution in [3.8, 4) is 5.69 Å². The van der Waals surface area contributed by atoms with Gasteiger partial charge in [0, 0.05) is 18.8 Å². The number of benzene rings is 1. The molecule has 0 aliphatic carbocycles. The Morgan fingerprint density at radius 3 is 2.50 bits per heavy atom. The van der Waals surface area contributed by atoms with E-state index in [0.29, 0.717) is 28.1 Å². The van der Waals surface area contributed by atoms with E-state index in [-0.39, 0.29) is 5.91 Å². The predicted octanol–water partition coefficient (Wildman–Crippen LogP) is 4.81. The van der Waals surface area contributed by atoms with Crippen molar-refractivity contribution >= 4 is 28.5 Å². The summed E-state index contributed by atoms with van der Waals surface area (Å²) in [6.45, 7) is 9.85. The second-order valence-corrected chi connectivity index (χ2v) is 8.52. The molecule has 3 heterocycles. The third-order valence-corrected chi connectivity index (χ3v) is 5.73. The SMILES string of the molecule is Cc1cc(C(=O)N2C[C@@H](C)C[C@H](C)C2)c2c(C)nn(-c3ccccc3Cl)c2n1. The predicted molar refractivity (Wildman–Crippen MR) is 112 cm³/mol. The quantitative estimate of drug-likeness (QED) is 0.624. The van der Waals surface area contributed by atoms with Crippen LogP contribution >= 0.6 is 11.6 Å². The van der Waals surface area contributed by atoms with E-state index in [1.807, 2.05) is 49.1 Å². The van der Waals surface area contributed by atoms with Crippen molar-refractivity contribution in [1.29, 1.82) is 0 Å². The van der Waals surface area contributed by atoms with Gasteiger partial charge in [-0.05, 0) is 50.3 Å². The zero-order chi connectivity index (χ0) is 20.0. The van der Waals surface area contributed by atoms with Gasteiger partial charge in [0.25, 0.3) is 5.91 Å². The number of hydrogen-bond acceptors (Lipinski definition) is 3. The number of aromatic nitrogens is 3. The lowest BCUT2D eigenvalue weighted by molar-refractivity contribution is 0.0625. The third kappa shape index (κ3) is 3.28. The van der Waals surface area contributed by atoms with Gasteiger partial charge in [-0.1, -0.05) is 37.6 Å². The smallest absolute Gasteiger partial charge is 0.254 e. The average Bonchev–Trinajstić information content (AvgIpc) is 2.96. The summed E-state index contributed by atoms with van der Waals surface area (Å²) in [4.78, 5) is 20.1. The van der Waals surface area contributed by atoms with E-state index in [9.17, 15) is 4.79 Å². The summed E-state index contributed by atoms with van der Waals surface area (Å²) in [6.07, 6.45) is 1.16. The van der Waals surface area contributed by atoms with E-state index in [1.54, 1.807) is 4.68 Å². The summed E-state index contributed by atoms with van der Waals surface area (Å²) in [5, 5.41) is 6.08. The lowest BCUT2D eigenvalue weighted by atomic mass is 9.91. The first-order valence-electron chi connectivity index (χ1n) is 9.76. The van der Waals surface area contributed by atoms with Crippen molar-refractivity contribution in [1.82, 2.24) is 19.7 Å². The Balaban J connectivity index is 1.87. The van der Waals surface area contributed by atoms with Crippen molar-refractivity contribution in [2.75, 3.05) is 13.1 Å². The van der Waals surface area contributed by atoms with Crippen LogP contribution in [0.15, 0.2) is 30.3 Å². The minimum atomic E-state index is 0.0655. The maximum absolute atomic E-state index is 13.5. The van der Waals surface area contributed by atoms with Crippen LogP contribution in [0.1, 0.15) is 42.0 Å². The molecule has 0 bridgehead atoms. The molecule has 3 aromatic rings. The minimum Gasteiger partial charge on any atom is -0.338 e. The number of halogens is 1. The number of amides is 1. The summed E-state index contributed by atoms with van der Waals surface area (Å²) >= 11 is 6.40. The number of para-hydroxylation sites is 1. The normalized spacial score (nSPS) is 20.0. The van der Waals surface area contributed by atoms with Crippen LogP contribution in [0, 0.1) is 25.7 Å². The topological polar surface area (TPSA) is 51.0 Å². The molecule has 1 aromatic carbocycles. The zero-order valence-corrected chi connectivity index (χ0v) is 17.5. The highest BCUT2D eigenvalue weighted by Crippen LogP contribution is 2.30. The fraction of sp³-hybridized carbons (Fsp3) is 0.409. The van der Waals surface area contributed by atoms with Gasteiger partial charge in [-0.15, -0.1) is 0 Å². The molecule has 1 saturated heterocycles. The zero-order valence-electron chi connectivity index (χ0n) is 16.7. The lowest BCUT2D eigenvalue weighted by Gasteiger charge is -2.35. The van der Waals surface area contributed by atoms with E-state index >= 15 is 0 Å². The number of hydrogen-bond donors (Lipinski definition) is 0. The van der Waals surface area contributed by atoms with Crippen molar-refractivity contribution in [2.24, 2.45) is 11.8 Å². The minimum absolute atomic E-state index is 0.0655. The van der Waals surface area contributed by atoms with Gasteiger partial charge < -0.3 is 4.90 Å². The molecule has 0 unspecified atom stereocenters. The van der Waals surface area contributed by atoms with Crippen molar-refractivity contribution in [3.63, 3.8) is 0 Å². The van der Waals surface area contributed by atoms with Crippen molar-refractivity contribution in [2.45, 2.75) is 34.1 Å². The first-order valence-corrected chi connectivity index (χ1v) is 10.1. The molecule has 0 saturated carbocycles. The second kappa shape index (κ2) is 7.21. The Labute approximate surface area is 170 Å². The molecule has 2 atom stereocenters. The maximum atomic E-state index is 13.5. The monoisotopic (exact) mass is 396 g/mol. The molecule has 5 nitrogen and oxygen atoms in total. The van der Waals surface area contributed by atoms with Gasteiger partial charge in [-0.2, -0.15) is 5.10 Å². The molecule has 1 fully saturated rings. The number of aryl methyl sites for hydroxylation is 2. The largest absolute Gasteiger partial charge is 0.338 e. The highest BCUT2D eigenvalue weighted by Gasteiger charge is 2.29. The van der Waals surface area contributed by atoms with Crippen LogP contribution in [0.25, 0.3) is 16.7 Å². The first-order chi connectivity index (χ1) is 13.3. The molecule has 2 aromatic heterocycles. The van der Waals surface area contributed by atoms with Gasteiger partial charge in [0.2, 0.25) is 0 Å². The molecule has 146 valence electrons. The molecule has 1 aliphatic heterocycles. The Bertz CT molecular complexity index is 1050. The van der Waals surface area contributed by atoms with Gasteiger partial charge in [0.1, 0.15) is 0 Å². The Hall–Kier alpha value is -2.40. The van der Waals surface area contributed by atoms with E-state index in [4.69, 9.17) is 16.6 Å². The lowest BCUT2D eigenvalue weighted by Crippen LogP contribution is -2.42. The van der Waals surface area contributed by atoms with Crippen LogP contribution in [0.5, 0.6) is 0 Å². The van der Waals surface area contributed by atoms with E-state index in [0.717, 1.165) is 42.0 Å². The first kappa shape index (κ1) is 18.9. The van der Waals surface area contributed by atoms with Gasteiger partial charge in [-0.3, -0.25) is 4.79 Å². The number of fused-ring (bicyclic) bond motifs is 1. The van der Waals surface area contributed by atoms with Crippen LogP contribution in [0.2, 0.25) is 5.02 Å².